The Hall–Kier alpha value is -1.51. The zero-order valence-corrected chi connectivity index (χ0v) is 55.9. The number of nitrogens with one attached hydrogen (secondary N) is 1. The van der Waals surface area contributed by atoms with Crippen molar-refractivity contribution in [2.45, 2.75) is 380 Å². The van der Waals surface area contributed by atoms with Gasteiger partial charge in [-0.05, 0) is 57.4 Å². The van der Waals surface area contributed by atoms with Crippen LogP contribution in [0.25, 0.3) is 0 Å². The number of unbranched alkanes of at least 4 members (excludes halogenated alkanes) is 48. The van der Waals surface area contributed by atoms with E-state index in [1.165, 1.54) is 270 Å². The molecular weight excluding hydrogens is 1020 g/mol. The Morgan fingerprint density at radius 1 is 0.420 bits per heavy atom. The number of amides is 1. The summed E-state index contributed by atoms with van der Waals surface area (Å²) in [6.45, 7) is 6.89. The number of carbonyl (C=O) groups is 2. The van der Waals surface area contributed by atoms with E-state index in [0.29, 0.717) is 17.4 Å². The molecule has 0 aromatic carbocycles. The van der Waals surface area contributed by atoms with Gasteiger partial charge >= 0.3 is 5.97 Å². The van der Waals surface area contributed by atoms with E-state index in [-0.39, 0.29) is 31.5 Å². The molecule has 0 bridgehead atoms. The van der Waals surface area contributed by atoms with Crippen molar-refractivity contribution >= 4 is 19.7 Å². The van der Waals surface area contributed by atoms with Gasteiger partial charge in [-0.3, -0.25) is 14.2 Å². The zero-order chi connectivity index (χ0) is 59.3. The molecule has 3 unspecified atom stereocenters. The van der Waals surface area contributed by atoms with Crippen LogP contribution in [0.3, 0.4) is 0 Å². The number of likely N-dealkylation sites (N-methyl/N-ethyl adjacent to an activating group) is 1. The molecule has 0 aliphatic rings. The average Bonchev–Trinajstić information content (AvgIpc) is 3.43. The average molecular weight is 1160 g/mol. The molecule has 3 atom stereocenters. The number of ether oxygens (including phenoxy) is 1. The van der Waals surface area contributed by atoms with Crippen LogP contribution in [0.1, 0.15) is 367 Å². The number of quaternary nitrogens is 1. The number of esters is 1. The van der Waals surface area contributed by atoms with E-state index in [0.717, 1.165) is 64.2 Å². The van der Waals surface area contributed by atoms with E-state index in [9.17, 15) is 19.0 Å². The lowest BCUT2D eigenvalue weighted by Crippen LogP contribution is -2.47. The van der Waals surface area contributed by atoms with Gasteiger partial charge in [0.1, 0.15) is 19.3 Å². The lowest BCUT2D eigenvalue weighted by atomic mass is 10.0. The molecule has 9 nitrogen and oxygen atoms in total. The van der Waals surface area contributed by atoms with Crippen LogP contribution < -0.4 is 10.2 Å². The molecule has 0 aromatic heterocycles. The zero-order valence-electron chi connectivity index (χ0n) is 55.0. The normalized spacial score (nSPS) is 13.6. The molecule has 81 heavy (non-hydrogen) atoms. The summed E-state index contributed by atoms with van der Waals surface area (Å²) in [5.74, 6) is -0.526. The number of allylic oxidation sites excluding steroid dienone is 3. The molecule has 0 heterocycles. The number of hydrogen-bond acceptors (Lipinski definition) is 7. The maximum absolute atomic E-state index is 13.6. The maximum atomic E-state index is 13.6. The van der Waals surface area contributed by atoms with Crippen molar-refractivity contribution in [2.24, 2.45) is 0 Å². The van der Waals surface area contributed by atoms with Crippen molar-refractivity contribution in [1.82, 2.24) is 5.32 Å². The van der Waals surface area contributed by atoms with Crippen LogP contribution in [0.15, 0.2) is 24.3 Å². The Morgan fingerprint density at radius 3 is 1.05 bits per heavy atom. The van der Waals surface area contributed by atoms with Crippen molar-refractivity contribution in [1.29, 1.82) is 0 Å². The SMILES string of the molecule is CCCCCCCC/C=C/CCCCCCCCCC(=O)OC(/C=C\CCCCCCCCCCC)C(COP(=O)([O-])OCC[N+](C)(C)C)NC(=O)CCCCCCCCCCCCCCCCCCCCCCCCCCCCC. The third kappa shape index (κ3) is 62.8. The predicted molar refractivity (Wildman–Crippen MR) is 349 cm³/mol. The molecule has 0 aromatic rings. The minimum atomic E-state index is -4.70. The lowest BCUT2D eigenvalue weighted by Gasteiger charge is -2.30. The van der Waals surface area contributed by atoms with Gasteiger partial charge in [0.25, 0.3) is 7.82 Å². The number of nitrogens with zero attached hydrogens (tertiary/aromatic N) is 1. The highest BCUT2D eigenvalue weighted by Gasteiger charge is 2.27. The highest BCUT2D eigenvalue weighted by Crippen LogP contribution is 2.38. The van der Waals surface area contributed by atoms with Gasteiger partial charge in [-0.25, -0.2) is 0 Å². The van der Waals surface area contributed by atoms with Gasteiger partial charge in [-0.1, -0.05) is 322 Å². The fourth-order valence-corrected chi connectivity index (χ4v) is 11.6. The Balaban J connectivity index is 4.93. The van der Waals surface area contributed by atoms with E-state index in [4.69, 9.17) is 13.8 Å². The van der Waals surface area contributed by atoms with E-state index < -0.39 is 20.0 Å². The summed E-state index contributed by atoms with van der Waals surface area (Å²) in [6, 6.07) is -0.885. The van der Waals surface area contributed by atoms with Crippen LogP contribution in [0.5, 0.6) is 0 Å². The van der Waals surface area contributed by atoms with Gasteiger partial charge in [0.05, 0.1) is 33.8 Å². The van der Waals surface area contributed by atoms with Gasteiger partial charge in [-0.2, -0.15) is 0 Å². The highest BCUT2D eigenvalue weighted by molar-refractivity contribution is 7.45. The Kier molecular flexibility index (Phi) is 60.4. The van der Waals surface area contributed by atoms with Crippen molar-refractivity contribution in [3.8, 4) is 0 Å². The third-order valence-electron chi connectivity index (χ3n) is 16.4. The van der Waals surface area contributed by atoms with Gasteiger partial charge < -0.3 is 28.5 Å². The standard InChI is InChI=1S/C71H139N2O7P/c1-7-10-13-16-19-22-25-27-29-31-32-33-34-35-36-37-38-39-40-42-43-45-48-51-54-57-60-63-70(74)72-68(67-79-81(76,77)78-66-65-73(4,5)6)69(62-59-56-53-50-47-24-21-18-15-12-9-3)80-71(75)64-61-58-55-52-49-46-44-41-30-28-26-23-20-17-14-11-8-2/h28,30,59,62,68-69H,7-27,29,31-58,60-61,63-67H2,1-6H3,(H-,72,74,76,77)/b30-28+,62-59-. The number of hydrogen-bond donors (Lipinski definition) is 1. The molecule has 0 rings (SSSR count). The highest BCUT2D eigenvalue weighted by atomic mass is 31.2. The van der Waals surface area contributed by atoms with Crippen LogP contribution in [0, 0.1) is 0 Å². The molecule has 10 heteroatoms. The second-order valence-electron chi connectivity index (χ2n) is 25.7. The molecular formula is C71H139N2O7P. The number of phosphoric acid groups is 1. The Labute approximate surface area is 504 Å². The van der Waals surface area contributed by atoms with Gasteiger partial charge in [-0.15, -0.1) is 0 Å². The van der Waals surface area contributed by atoms with Crippen molar-refractivity contribution in [3.63, 3.8) is 0 Å². The predicted octanol–water partition coefficient (Wildman–Crippen LogP) is 21.8. The first kappa shape index (κ1) is 79.5. The molecule has 0 fully saturated rings. The first-order valence-electron chi connectivity index (χ1n) is 35.6. The van der Waals surface area contributed by atoms with Crippen LogP contribution >= 0.6 is 7.82 Å². The molecule has 0 radical (unpaired) electrons. The van der Waals surface area contributed by atoms with Crippen LogP contribution in [-0.2, 0) is 27.9 Å². The van der Waals surface area contributed by atoms with E-state index in [2.05, 4.69) is 38.2 Å². The fraction of sp³-hybridized carbons (Fsp3) is 0.915. The maximum Gasteiger partial charge on any atom is 0.306 e. The Morgan fingerprint density at radius 2 is 0.716 bits per heavy atom. The summed E-state index contributed by atoms with van der Waals surface area (Å²) in [5.41, 5.74) is 0. The fourth-order valence-electron chi connectivity index (χ4n) is 10.9. The van der Waals surface area contributed by atoms with E-state index >= 15 is 0 Å². The van der Waals surface area contributed by atoms with Gasteiger partial charge in [0.2, 0.25) is 5.91 Å². The third-order valence-corrected chi connectivity index (χ3v) is 17.3. The van der Waals surface area contributed by atoms with Crippen molar-refractivity contribution in [3.05, 3.63) is 24.3 Å². The van der Waals surface area contributed by atoms with E-state index in [1.54, 1.807) is 0 Å². The van der Waals surface area contributed by atoms with Crippen LogP contribution in [0.2, 0.25) is 0 Å². The molecule has 1 N–H and O–H groups in total. The van der Waals surface area contributed by atoms with Gasteiger partial charge in [0, 0.05) is 12.8 Å². The topological polar surface area (TPSA) is 114 Å². The summed E-state index contributed by atoms with van der Waals surface area (Å²) in [5, 5.41) is 3.05. The first-order chi connectivity index (χ1) is 39.4. The summed E-state index contributed by atoms with van der Waals surface area (Å²) >= 11 is 0. The molecule has 0 saturated heterocycles. The number of phosphoric ester groups is 1. The smallest absolute Gasteiger partial charge is 0.306 e. The van der Waals surface area contributed by atoms with Crippen LogP contribution in [0.4, 0.5) is 0 Å². The Bertz CT molecular complexity index is 1430. The quantitative estimate of drug-likeness (QED) is 0.0212. The number of carbonyl (C=O) groups excluding carboxylic acids is 2. The van der Waals surface area contributed by atoms with Crippen molar-refractivity contribution in [2.75, 3.05) is 40.9 Å². The largest absolute Gasteiger partial charge is 0.756 e. The summed E-state index contributed by atoms with van der Waals surface area (Å²) in [6.07, 6.45) is 74.6. The molecule has 0 spiro atoms. The van der Waals surface area contributed by atoms with Crippen LogP contribution in [-0.4, -0.2) is 69.4 Å². The summed E-state index contributed by atoms with van der Waals surface area (Å²) in [4.78, 5) is 40.1. The molecule has 480 valence electrons. The minimum Gasteiger partial charge on any atom is -0.756 e. The molecule has 0 aliphatic heterocycles. The first-order valence-corrected chi connectivity index (χ1v) is 37.1. The van der Waals surface area contributed by atoms with Crippen molar-refractivity contribution < 1.29 is 37.3 Å². The molecule has 0 saturated carbocycles. The summed E-state index contributed by atoms with van der Waals surface area (Å²) in [7, 11) is 1.20. The minimum absolute atomic E-state index is 0.0192. The monoisotopic (exact) mass is 1160 g/mol. The second-order valence-corrected chi connectivity index (χ2v) is 27.2. The molecule has 0 aliphatic carbocycles. The van der Waals surface area contributed by atoms with Gasteiger partial charge in [0.15, 0.2) is 0 Å². The molecule has 1 amide bonds. The van der Waals surface area contributed by atoms with E-state index in [1.807, 2.05) is 33.3 Å². The summed E-state index contributed by atoms with van der Waals surface area (Å²) < 4.78 is 30.4. The lowest BCUT2D eigenvalue weighted by molar-refractivity contribution is -0.870. The second kappa shape index (κ2) is 61.6. The number of rotatable bonds is 66.